The van der Waals surface area contributed by atoms with Crippen LogP contribution in [-0.4, -0.2) is 48.1 Å². The van der Waals surface area contributed by atoms with Crippen LogP contribution < -0.4 is 15.6 Å². The topological polar surface area (TPSA) is 57.6 Å². The third-order valence-electron chi connectivity index (χ3n) is 6.88. The van der Waals surface area contributed by atoms with Crippen molar-refractivity contribution in [1.29, 1.82) is 0 Å². The minimum absolute atomic E-state index is 0.0492. The SMILES string of the molecule is CCN1CCN(c2cc3c(cc2F)c(=O)c(C(=O)Nc2ccc(F)cc2C)cn3C2CC2)CC1. The van der Waals surface area contributed by atoms with Crippen molar-refractivity contribution < 1.29 is 13.6 Å². The van der Waals surface area contributed by atoms with E-state index in [-0.39, 0.29) is 17.0 Å². The van der Waals surface area contributed by atoms with Crippen molar-refractivity contribution in [3.8, 4) is 0 Å². The molecule has 1 saturated carbocycles. The predicted octanol–water partition coefficient (Wildman–Crippen LogP) is 4.32. The summed E-state index contributed by atoms with van der Waals surface area (Å²) in [5.74, 6) is -1.44. The second-order valence-electron chi connectivity index (χ2n) is 9.17. The molecule has 1 N–H and O–H groups in total. The van der Waals surface area contributed by atoms with E-state index in [2.05, 4.69) is 17.1 Å². The monoisotopic (exact) mass is 466 g/mol. The summed E-state index contributed by atoms with van der Waals surface area (Å²) in [6.45, 7) is 7.95. The summed E-state index contributed by atoms with van der Waals surface area (Å²) in [5, 5.41) is 2.91. The van der Waals surface area contributed by atoms with Crippen LogP contribution in [0.25, 0.3) is 10.9 Å². The van der Waals surface area contributed by atoms with E-state index in [0.29, 0.717) is 22.5 Å². The van der Waals surface area contributed by atoms with Gasteiger partial charge < -0.3 is 19.7 Å². The smallest absolute Gasteiger partial charge is 0.261 e. The Balaban J connectivity index is 1.54. The van der Waals surface area contributed by atoms with E-state index < -0.39 is 23.0 Å². The van der Waals surface area contributed by atoms with Crippen molar-refractivity contribution in [2.45, 2.75) is 32.7 Å². The first kappa shape index (κ1) is 22.5. The van der Waals surface area contributed by atoms with Crippen LogP contribution in [0, 0.1) is 18.6 Å². The molecule has 34 heavy (non-hydrogen) atoms. The summed E-state index contributed by atoms with van der Waals surface area (Å²) in [6, 6.07) is 7.25. The van der Waals surface area contributed by atoms with E-state index in [4.69, 9.17) is 0 Å². The summed E-state index contributed by atoms with van der Waals surface area (Å²) in [6.07, 6.45) is 3.48. The number of pyridine rings is 1. The number of rotatable bonds is 5. The Kier molecular flexibility index (Phi) is 5.85. The molecule has 2 aromatic carbocycles. The fraction of sp³-hybridized carbons (Fsp3) is 0.385. The number of hydrogen-bond donors (Lipinski definition) is 1. The summed E-state index contributed by atoms with van der Waals surface area (Å²) in [7, 11) is 0. The number of aromatic nitrogens is 1. The zero-order chi connectivity index (χ0) is 24.0. The van der Waals surface area contributed by atoms with Crippen LogP contribution in [0.5, 0.6) is 0 Å². The lowest BCUT2D eigenvalue weighted by molar-refractivity contribution is 0.102. The molecule has 0 unspecified atom stereocenters. The molecule has 0 spiro atoms. The molecule has 6 nitrogen and oxygen atoms in total. The quantitative estimate of drug-likeness (QED) is 0.609. The van der Waals surface area contributed by atoms with Crippen LogP contribution in [-0.2, 0) is 0 Å². The highest BCUT2D eigenvalue weighted by atomic mass is 19.1. The van der Waals surface area contributed by atoms with Gasteiger partial charge in [0.2, 0.25) is 5.43 Å². The zero-order valence-corrected chi connectivity index (χ0v) is 19.4. The van der Waals surface area contributed by atoms with Crippen LogP contribution in [0.1, 0.15) is 41.7 Å². The van der Waals surface area contributed by atoms with Gasteiger partial charge in [-0.25, -0.2) is 8.78 Å². The highest BCUT2D eigenvalue weighted by Crippen LogP contribution is 2.38. The summed E-state index contributed by atoms with van der Waals surface area (Å²) in [5.41, 5.74) is 1.57. The van der Waals surface area contributed by atoms with E-state index in [1.54, 1.807) is 19.2 Å². The molecule has 5 rings (SSSR count). The summed E-state index contributed by atoms with van der Waals surface area (Å²) in [4.78, 5) is 30.7. The maximum Gasteiger partial charge on any atom is 0.261 e. The lowest BCUT2D eigenvalue weighted by atomic mass is 10.1. The number of halogens is 2. The van der Waals surface area contributed by atoms with Gasteiger partial charge in [-0.3, -0.25) is 9.59 Å². The van der Waals surface area contributed by atoms with Gasteiger partial charge >= 0.3 is 0 Å². The highest BCUT2D eigenvalue weighted by molar-refractivity contribution is 6.06. The van der Waals surface area contributed by atoms with Gasteiger partial charge in [-0.2, -0.15) is 0 Å². The fourth-order valence-electron chi connectivity index (χ4n) is 4.68. The van der Waals surface area contributed by atoms with Crippen molar-refractivity contribution in [3.63, 3.8) is 0 Å². The van der Waals surface area contributed by atoms with Gasteiger partial charge in [-0.1, -0.05) is 6.92 Å². The van der Waals surface area contributed by atoms with Gasteiger partial charge in [-0.05, 0) is 62.2 Å². The van der Waals surface area contributed by atoms with Crippen molar-refractivity contribution in [2.24, 2.45) is 0 Å². The number of amides is 1. The number of hydrogen-bond acceptors (Lipinski definition) is 4. The van der Waals surface area contributed by atoms with Crippen LogP contribution in [0.15, 0.2) is 41.3 Å². The number of nitrogens with zero attached hydrogens (tertiary/aromatic N) is 3. The number of fused-ring (bicyclic) bond motifs is 1. The Labute approximate surface area is 196 Å². The second kappa shape index (κ2) is 8.83. The number of benzene rings is 2. The van der Waals surface area contributed by atoms with Gasteiger partial charge in [0.25, 0.3) is 5.91 Å². The number of carbonyl (C=O) groups excluding carboxylic acids is 1. The summed E-state index contributed by atoms with van der Waals surface area (Å²) < 4.78 is 30.6. The van der Waals surface area contributed by atoms with E-state index in [1.807, 2.05) is 9.47 Å². The van der Waals surface area contributed by atoms with Crippen LogP contribution in [0.2, 0.25) is 0 Å². The van der Waals surface area contributed by atoms with Gasteiger partial charge in [-0.15, -0.1) is 0 Å². The molecule has 3 aromatic rings. The average Bonchev–Trinajstić information content (AvgIpc) is 3.66. The zero-order valence-electron chi connectivity index (χ0n) is 19.4. The first-order valence-corrected chi connectivity index (χ1v) is 11.8. The van der Waals surface area contributed by atoms with Gasteiger partial charge in [0.15, 0.2) is 0 Å². The van der Waals surface area contributed by atoms with Crippen molar-refractivity contribution in [1.82, 2.24) is 9.47 Å². The van der Waals surface area contributed by atoms with Gasteiger partial charge in [0, 0.05) is 49.5 Å². The van der Waals surface area contributed by atoms with Crippen molar-refractivity contribution in [2.75, 3.05) is 42.9 Å². The Morgan fingerprint density at radius 3 is 2.47 bits per heavy atom. The van der Waals surface area contributed by atoms with E-state index in [9.17, 15) is 14.0 Å². The number of likely N-dealkylation sites (N-methyl/N-ethyl adjacent to an activating group) is 1. The first-order valence-electron chi connectivity index (χ1n) is 11.8. The Hall–Kier alpha value is -3.26. The van der Waals surface area contributed by atoms with Gasteiger partial charge in [0.05, 0.1) is 11.2 Å². The minimum atomic E-state index is -0.587. The molecule has 1 amide bonds. The molecule has 1 saturated heterocycles. The molecule has 2 fully saturated rings. The Morgan fingerprint density at radius 1 is 1.09 bits per heavy atom. The maximum atomic E-state index is 15.2. The number of carbonyl (C=O) groups is 1. The average molecular weight is 467 g/mol. The number of anilines is 2. The van der Waals surface area contributed by atoms with E-state index in [0.717, 1.165) is 45.6 Å². The molecule has 0 atom stereocenters. The largest absolute Gasteiger partial charge is 0.367 e. The lowest BCUT2D eigenvalue weighted by Gasteiger charge is -2.35. The maximum absolute atomic E-state index is 15.2. The molecule has 2 aliphatic rings. The molecule has 0 radical (unpaired) electrons. The number of piperazine rings is 1. The van der Waals surface area contributed by atoms with Crippen LogP contribution >= 0.6 is 0 Å². The van der Waals surface area contributed by atoms with Crippen molar-refractivity contribution in [3.05, 3.63) is 69.5 Å². The molecule has 1 aliphatic carbocycles. The van der Waals surface area contributed by atoms with Crippen LogP contribution in [0.3, 0.4) is 0 Å². The molecule has 8 heteroatoms. The molecular formula is C26H28F2N4O2. The molecule has 1 aliphatic heterocycles. The third-order valence-corrected chi connectivity index (χ3v) is 6.88. The lowest BCUT2D eigenvalue weighted by Crippen LogP contribution is -2.46. The fourth-order valence-corrected chi connectivity index (χ4v) is 4.68. The standard InChI is InChI=1S/C26H28F2N4O2/c1-3-30-8-10-31(11-9-30)24-14-23-19(13-21(24)28)25(33)20(15-32(23)18-5-6-18)26(34)29-22-7-4-17(27)12-16(22)2/h4,7,12-15,18H,3,5-6,8-11H2,1-2H3,(H,29,34). The number of aryl methyl sites for hydroxylation is 1. The normalized spacial score (nSPS) is 16.8. The molecule has 1 aromatic heterocycles. The Bertz CT molecular complexity index is 1320. The second-order valence-corrected chi connectivity index (χ2v) is 9.17. The van der Waals surface area contributed by atoms with Crippen LogP contribution in [0.4, 0.5) is 20.2 Å². The molecule has 0 bridgehead atoms. The van der Waals surface area contributed by atoms with Gasteiger partial charge in [0.1, 0.15) is 17.2 Å². The summed E-state index contributed by atoms with van der Waals surface area (Å²) >= 11 is 0. The van der Waals surface area contributed by atoms with E-state index in [1.165, 1.54) is 24.3 Å². The van der Waals surface area contributed by atoms with Crippen molar-refractivity contribution >= 4 is 28.2 Å². The molecular weight excluding hydrogens is 438 g/mol. The molecule has 2 heterocycles. The highest BCUT2D eigenvalue weighted by Gasteiger charge is 2.28. The third kappa shape index (κ3) is 4.18. The number of nitrogens with one attached hydrogen (secondary N) is 1. The predicted molar refractivity (Wildman–Crippen MR) is 130 cm³/mol. The Morgan fingerprint density at radius 2 is 1.82 bits per heavy atom. The van der Waals surface area contributed by atoms with E-state index >= 15 is 4.39 Å². The first-order chi connectivity index (χ1) is 16.4. The molecule has 178 valence electrons. The minimum Gasteiger partial charge on any atom is -0.367 e.